The molecule has 12 heteroatoms. The summed E-state index contributed by atoms with van der Waals surface area (Å²) in [6.07, 6.45) is 0.525. The third-order valence-corrected chi connectivity index (χ3v) is 7.29. The Morgan fingerprint density at radius 1 is 1.22 bits per heavy atom. The molecule has 2 heterocycles. The molecule has 0 aliphatic carbocycles. The van der Waals surface area contributed by atoms with Crippen molar-refractivity contribution in [3.05, 3.63) is 35.8 Å². The van der Waals surface area contributed by atoms with Gasteiger partial charge in [0.25, 0.3) is 0 Å². The second-order valence-corrected chi connectivity index (χ2v) is 11.4. The second-order valence-electron chi connectivity index (χ2n) is 11.4. The minimum atomic E-state index is -1.09. The van der Waals surface area contributed by atoms with Gasteiger partial charge in [-0.3, -0.25) is 19.3 Å². The van der Waals surface area contributed by atoms with Gasteiger partial charge in [0, 0.05) is 51.1 Å². The molecule has 1 aromatic heterocycles. The predicted octanol–water partition coefficient (Wildman–Crippen LogP) is 3.16. The summed E-state index contributed by atoms with van der Waals surface area (Å²) in [6, 6.07) is 1.85. The number of halogens is 1. The topological polar surface area (TPSA) is 130 Å². The van der Waals surface area contributed by atoms with E-state index in [2.05, 4.69) is 10.3 Å². The Morgan fingerprint density at radius 2 is 1.90 bits per heavy atom. The molecule has 226 valence electrons. The fourth-order valence-electron chi connectivity index (χ4n) is 4.88. The normalized spacial score (nSPS) is 19.4. The molecule has 0 radical (unpaired) electrons. The summed E-state index contributed by atoms with van der Waals surface area (Å²) in [7, 11) is 2.88. The largest absolute Gasteiger partial charge is 0.460 e. The molecule has 0 saturated carbocycles. The number of aromatic amines is 1. The van der Waals surface area contributed by atoms with Crippen molar-refractivity contribution in [1.29, 1.82) is 0 Å². The number of benzene rings is 1. The molecule has 1 aliphatic heterocycles. The van der Waals surface area contributed by atoms with Gasteiger partial charge in [-0.1, -0.05) is 0 Å². The highest BCUT2D eigenvalue weighted by atomic mass is 19.1. The highest BCUT2D eigenvalue weighted by molar-refractivity contribution is 5.92. The molecule has 1 saturated heterocycles. The van der Waals surface area contributed by atoms with Crippen molar-refractivity contribution in [2.45, 2.75) is 90.3 Å². The van der Waals surface area contributed by atoms with Crippen molar-refractivity contribution < 1.29 is 37.8 Å². The van der Waals surface area contributed by atoms with E-state index in [-0.39, 0.29) is 12.4 Å². The number of amides is 3. The zero-order valence-electron chi connectivity index (χ0n) is 24.9. The van der Waals surface area contributed by atoms with Crippen LogP contribution in [-0.2, 0) is 35.0 Å². The summed E-state index contributed by atoms with van der Waals surface area (Å²) < 4.78 is 30.1. The van der Waals surface area contributed by atoms with Gasteiger partial charge in [-0.05, 0) is 64.8 Å². The number of likely N-dealkylation sites (tertiary alicyclic amines) is 1. The number of hydrogen-bond donors (Lipinski definition) is 2. The number of aromatic nitrogens is 1. The molecular weight excluding hydrogens is 535 g/mol. The Hall–Kier alpha value is -3.67. The molecule has 0 spiro atoms. The number of carbonyl (C=O) groups is 4. The number of H-pyrrole nitrogens is 1. The molecule has 1 aromatic carbocycles. The lowest BCUT2D eigenvalue weighted by Gasteiger charge is -2.34. The molecule has 0 unspecified atom stereocenters. The molecule has 2 aromatic rings. The number of nitrogens with zero attached hydrogens (tertiary/aromatic N) is 2. The van der Waals surface area contributed by atoms with Crippen molar-refractivity contribution in [2.75, 3.05) is 20.7 Å². The number of fused-ring (bicyclic) bond motifs is 1. The molecule has 11 nitrogen and oxygen atoms in total. The third-order valence-electron chi connectivity index (χ3n) is 7.29. The molecular formula is C29H41FN4O7. The van der Waals surface area contributed by atoms with Gasteiger partial charge in [0.05, 0.1) is 12.1 Å². The maximum Gasteiger partial charge on any atom is 0.410 e. The summed E-state index contributed by atoms with van der Waals surface area (Å²) in [5.74, 6) is -1.82. The van der Waals surface area contributed by atoms with E-state index in [0.717, 1.165) is 15.8 Å². The Labute approximate surface area is 239 Å². The average Bonchev–Trinajstić information content (AvgIpc) is 3.47. The van der Waals surface area contributed by atoms with Crippen LogP contribution in [0, 0.1) is 5.82 Å². The summed E-state index contributed by atoms with van der Waals surface area (Å²) in [6.45, 7) is 9.97. The first-order chi connectivity index (χ1) is 19.1. The van der Waals surface area contributed by atoms with Crippen molar-refractivity contribution in [2.24, 2.45) is 0 Å². The Balaban J connectivity index is 1.85. The minimum Gasteiger partial charge on any atom is -0.460 e. The van der Waals surface area contributed by atoms with Crippen LogP contribution in [0.15, 0.2) is 24.4 Å². The summed E-state index contributed by atoms with van der Waals surface area (Å²) in [4.78, 5) is 57.5. The van der Waals surface area contributed by atoms with Crippen LogP contribution in [0.1, 0.15) is 53.5 Å². The smallest absolute Gasteiger partial charge is 0.410 e. The molecule has 3 rings (SSSR count). The van der Waals surface area contributed by atoms with Gasteiger partial charge >= 0.3 is 12.1 Å². The molecule has 5 atom stereocenters. The highest BCUT2D eigenvalue weighted by Crippen LogP contribution is 2.29. The number of carbonyl (C=O) groups excluding carboxylic acids is 4. The van der Waals surface area contributed by atoms with Crippen LogP contribution < -0.4 is 5.32 Å². The van der Waals surface area contributed by atoms with Gasteiger partial charge in [0.2, 0.25) is 11.8 Å². The fraction of sp³-hybridized carbons (Fsp3) is 0.586. The van der Waals surface area contributed by atoms with Gasteiger partial charge in [-0.2, -0.15) is 0 Å². The van der Waals surface area contributed by atoms with Gasteiger partial charge in [-0.25, -0.2) is 9.18 Å². The number of hydrogen-bond acceptors (Lipinski definition) is 7. The van der Waals surface area contributed by atoms with Gasteiger partial charge in [0.15, 0.2) is 0 Å². The average molecular weight is 577 g/mol. The standard InChI is InChI=1S/C29H41FN4O7/c1-16(33(7)28(38)41-29(4,5)6)26(36)32-25(17(2)39-8)27(37)34-12-11-24(40-18(3)35)23(34)13-19-15-31-22-14-20(30)9-10-21(19)22/h9-10,14-17,23-25,31H,11-13H2,1-8H3,(H,32,36)/t16-,17+,23+,24-,25-/m0/s1. The number of rotatable bonds is 9. The van der Waals surface area contributed by atoms with Crippen LogP contribution in [0.2, 0.25) is 0 Å². The second kappa shape index (κ2) is 12.9. The van der Waals surface area contributed by atoms with Crippen molar-refractivity contribution in [3.63, 3.8) is 0 Å². The maximum atomic E-state index is 14.0. The Morgan fingerprint density at radius 3 is 2.51 bits per heavy atom. The molecule has 2 N–H and O–H groups in total. The van der Waals surface area contributed by atoms with Crippen LogP contribution in [0.4, 0.5) is 9.18 Å². The molecule has 41 heavy (non-hydrogen) atoms. The number of methoxy groups -OCH3 is 1. The van der Waals surface area contributed by atoms with E-state index in [9.17, 15) is 23.6 Å². The van der Waals surface area contributed by atoms with E-state index in [1.54, 1.807) is 44.9 Å². The van der Waals surface area contributed by atoms with E-state index in [1.165, 1.54) is 40.1 Å². The number of ether oxygens (including phenoxy) is 3. The SMILES string of the molecule is CO[C@H](C)[C@H](NC(=O)[C@H](C)N(C)C(=O)OC(C)(C)C)C(=O)N1CC[C@H](OC(C)=O)[C@H]1Cc1c[nH]c2cc(F)ccc12. The Bertz CT molecular complexity index is 1270. The van der Waals surface area contributed by atoms with Crippen LogP contribution in [0.25, 0.3) is 10.9 Å². The highest BCUT2D eigenvalue weighted by Gasteiger charge is 2.43. The lowest BCUT2D eigenvalue weighted by molar-refractivity contribution is -0.150. The quantitative estimate of drug-likeness (QED) is 0.439. The van der Waals surface area contributed by atoms with Gasteiger partial charge in [-0.15, -0.1) is 0 Å². The van der Waals surface area contributed by atoms with Gasteiger partial charge < -0.3 is 29.4 Å². The summed E-state index contributed by atoms with van der Waals surface area (Å²) in [5, 5.41) is 3.55. The van der Waals surface area contributed by atoms with E-state index in [4.69, 9.17) is 14.2 Å². The third kappa shape index (κ3) is 7.75. The molecule has 1 fully saturated rings. The lowest BCUT2D eigenvalue weighted by Crippen LogP contribution is -2.59. The van der Waals surface area contributed by atoms with Crippen LogP contribution in [-0.4, -0.2) is 95.3 Å². The van der Waals surface area contributed by atoms with Crippen LogP contribution >= 0.6 is 0 Å². The number of esters is 1. The van der Waals surface area contributed by atoms with Crippen LogP contribution in [0.5, 0.6) is 0 Å². The van der Waals surface area contributed by atoms with E-state index < -0.39 is 59.8 Å². The van der Waals surface area contributed by atoms with Gasteiger partial charge in [0.1, 0.15) is 29.6 Å². The van der Waals surface area contributed by atoms with Crippen molar-refractivity contribution in [3.8, 4) is 0 Å². The molecule has 0 bridgehead atoms. The summed E-state index contributed by atoms with van der Waals surface area (Å²) >= 11 is 0. The first-order valence-corrected chi connectivity index (χ1v) is 13.6. The van der Waals surface area contributed by atoms with Crippen molar-refractivity contribution >= 4 is 34.8 Å². The van der Waals surface area contributed by atoms with E-state index >= 15 is 0 Å². The number of likely N-dealkylation sites (N-methyl/N-ethyl adjacent to an activating group) is 1. The minimum absolute atomic E-state index is 0.286. The maximum absolute atomic E-state index is 14.0. The zero-order valence-corrected chi connectivity index (χ0v) is 24.9. The number of nitrogens with one attached hydrogen (secondary N) is 2. The van der Waals surface area contributed by atoms with E-state index in [1.807, 2.05) is 0 Å². The molecule has 1 aliphatic rings. The molecule has 3 amide bonds. The monoisotopic (exact) mass is 576 g/mol. The fourth-order valence-corrected chi connectivity index (χ4v) is 4.88. The first-order valence-electron chi connectivity index (χ1n) is 13.6. The van der Waals surface area contributed by atoms with E-state index in [0.29, 0.717) is 18.4 Å². The first kappa shape index (κ1) is 31.9. The van der Waals surface area contributed by atoms with Crippen molar-refractivity contribution in [1.82, 2.24) is 20.1 Å². The lowest BCUT2D eigenvalue weighted by atomic mass is 10.00. The Kier molecular flexibility index (Phi) is 10.0. The predicted molar refractivity (Wildman–Crippen MR) is 149 cm³/mol. The summed E-state index contributed by atoms with van der Waals surface area (Å²) in [5.41, 5.74) is 0.697. The van der Waals surface area contributed by atoms with Crippen LogP contribution in [0.3, 0.4) is 0 Å². The zero-order chi connectivity index (χ0) is 30.6.